The van der Waals surface area contributed by atoms with Gasteiger partial charge in [0.25, 0.3) is 5.91 Å². The number of aliphatic hydroxyl groups is 1. The van der Waals surface area contributed by atoms with Crippen molar-refractivity contribution >= 4 is 22.5 Å². The fourth-order valence-electron chi connectivity index (χ4n) is 2.59. The Kier molecular flexibility index (Phi) is 4.72. The van der Waals surface area contributed by atoms with E-state index in [9.17, 15) is 9.90 Å². The molecule has 0 spiro atoms. The Bertz CT molecular complexity index is 864. The van der Waals surface area contributed by atoms with E-state index in [4.69, 9.17) is 0 Å². The maximum atomic E-state index is 11.8. The number of benzene rings is 2. The van der Waals surface area contributed by atoms with Gasteiger partial charge in [-0.3, -0.25) is 4.79 Å². The molecule has 0 saturated carbocycles. The summed E-state index contributed by atoms with van der Waals surface area (Å²) in [5.74, 6) is 0.238. The second-order valence-corrected chi connectivity index (χ2v) is 5.48. The molecule has 0 aliphatic carbocycles. The lowest BCUT2D eigenvalue weighted by atomic mass is 10.0. The number of amides is 1. The molecule has 1 atom stereocenters. The minimum Gasteiger partial charge on any atom is -0.387 e. The van der Waals surface area contributed by atoms with E-state index in [0.717, 1.165) is 16.3 Å². The fourth-order valence-corrected chi connectivity index (χ4v) is 2.59. The molecule has 0 bridgehead atoms. The molecular formula is C19H19N3O2. The van der Waals surface area contributed by atoms with Crippen molar-refractivity contribution in [2.45, 2.75) is 6.10 Å². The zero-order chi connectivity index (χ0) is 16.9. The lowest BCUT2D eigenvalue weighted by Crippen LogP contribution is -2.21. The van der Waals surface area contributed by atoms with Gasteiger partial charge in [-0.15, -0.1) is 0 Å². The number of carbonyl (C=O) groups is 1. The summed E-state index contributed by atoms with van der Waals surface area (Å²) in [6.07, 6.45) is 0.908. The second-order valence-electron chi connectivity index (χ2n) is 5.48. The SMILES string of the molecule is CNC(=O)c1cccnc1NCC(O)c1ccc2ccccc2c1. The maximum absolute atomic E-state index is 11.8. The summed E-state index contributed by atoms with van der Waals surface area (Å²) in [5, 5.41) is 18.3. The Balaban J connectivity index is 1.75. The third kappa shape index (κ3) is 3.36. The van der Waals surface area contributed by atoms with Gasteiger partial charge in [-0.1, -0.05) is 36.4 Å². The van der Waals surface area contributed by atoms with Crippen molar-refractivity contribution in [1.29, 1.82) is 0 Å². The number of nitrogens with zero attached hydrogens (tertiary/aromatic N) is 1. The van der Waals surface area contributed by atoms with Gasteiger partial charge < -0.3 is 15.7 Å². The Morgan fingerprint density at radius 2 is 1.92 bits per heavy atom. The van der Waals surface area contributed by atoms with Crippen LogP contribution in [0.25, 0.3) is 10.8 Å². The normalized spacial score (nSPS) is 11.9. The van der Waals surface area contributed by atoms with Crippen LogP contribution in [0.15, 0.2) is 60.8 Å². The molecular weight excluding hydrogens is 302 g/mol. The molecule has 3 N–H and O–H groups in total. The number of hydrogen-bond donors (Lipinski definition) is 3. The summed E-state index contributed by atoms with van der Waals surface area (Å²) in [7, 11) is 1.57. The summed E-state index contributed by atoms with van der Waals surface area (Å²) in [6.45, 7) is 0.263. The first-order valence-corrected chi connectivity index (χ1v) is 7.77. The molecule has 24 heavy (non-hydrogen) atoms. The van der Waals surface area contributed by atoms with E-state index in [1.807, 2.05) is 42.5 Å². The number of fused-ring (bicyclic) bond motifs is 1. The van der Waals surface area contributed by atoms with Crippen LogP contribution in [0.5, 0.6) is 0 Å². The molecule has 0 saturated heterocycles. The average Bonchev–Trinajstić information content (AvgIpc) is 2.65. The molecule has 0 aliphatic heterocycles. The topological polar surface area (TPSA) is 74.2 Å². The molecule has 1 aromatic heterocycles. The van der Waals surface area contributed by atoms with Crippen molar-refractivity contribution in [1.82, 2.24) is 10.3 Å². The van der Waals surface area contributed by atoms with Gasteiger partial charge in [0, 0.05) is 19.8 Å². The molecule has 1 heterocycles. The highest BCUT2D eigenvalue weighted by molar-refractivity contribution is 5.98. The average molecular weight is 321 g/mol. The van der Waals surface area contributed by atoms with Gasteiger partial charge in [-0.25, -0.2) is 4.98 Å². The van der Waals surface area contributed by atoms with Gasteiger partial charge in [0.1, 0.15) is 5.82 Å². The van der Waals surface area contributed by atoms with Gasteiger partial charge in [-0.05, 0) is 34.5 Å². The highest BCUT2D eigenvalue weighted by Gasteiger charge is 2.13. The van der Waals surface area contributed by atoms with E-state index in [1.54, 1.807) is 25.4 Å². The first kappa shape index (κ1) is 16.0. The van der Waals surface area contributed by atoms with Crippen LogP contribution in [-0.4, -0.2) is 29.6 Å². The number of carbonyl (C=O) groups excluding carboxylic acids is 1. The Morgan fingerprint density at radius 3 is 2.71 bits per heavy atom. The van der Waals surface area contributed by atoms with Gasteiger partial charge in [0.15, 0.2) is 0 Å². The van der Waals surface area contributed by atoms with Crippen molar-refractivity contribution in [2.75, 3.05) is 18.9 Å². The van der Waals surface area contributed by atoms with Gasteiger partial charge in [0.2, 0.25) is 0 Å². The smallest absolute Gasteiger partial charge is 0.254 e. The first-order chi connectivity index (χ1) is 11.7. The summed E-state index contributed by atoms with van der Waals surface area (Å²) in [5.41, 5.74) is 1.27. The minimum absolute atomic E-state index is 0.217. The molecule has 0 fully saturated rings. The zero-order valence-corrected chi connectivity index (χ0v) is 13.4. The van der Waals surface area contributed by atoms with Gasteiger partial charge in [0.05, 0.1) is 11.7 Å². The van der Waals surface area contributed by atoms with E-state index in [2.05, 4.69) is 15.6 Å². The van der Waals surface area contributed by atoms with E-state index in [0.29, 0.717) is 11.4 Å². The Hall–Kier alpha value is -2.92. The van der Waals surface area contributed by atoms with E-state index >= 15 is 0 Å². The number of pyridine rings is 1. The third-order valence-corrected chi connectivity index (χ3v) is 3.90. The summed E-state index contributed by atoms with van der Waals surface area (Å²) in [4.78, 5) is 16.0. The van der Waals surface area contributed by atoms with Crippen LogP contribution in [0.3, 0.4) is 0 Å². The third-order valence-electron chi connectivity index (χ3n) is 3.90. The van der Waals surface area contributed by atoms with Crippen LogP contribution in [-0.2, 0) is 0 Å². The number of rotatable bonds is 5. The van der Waals surface area contributed by atoms with Crippen molar-refractivity contribution in [3.05, 3.63) is 71.9 Å². The molecule has 0 aliphatic rings. The number of aliphatic hydroxyl groups excluding tert-OH is 1. The second kappa shape index (κ2) is 7.10. The van der Waals surface area contributed by atoms with Crippen molar-refractivity contribution in [3.8, 4) is 0 Å². The quantitative estimate of drug-likeness (QED) is 0.675. The lowest BCUT2D eigenvalue weighted by Gasteiger charge is -2.15. The molecule has 1 unspecified atom stereocenters. The Morgan fingerprint density at radius 1 is 1.12 bits per heavy atom. The van der Waals surface area contributed by atoms with Crippen LogP contribution in [0.2, 0.25) is 0 Å². The predicted molar refractivity (Wildman–Crippen MR) is 95.0 cm³/mol. The predicted octanol–water partition coefficient (Wildman–Crippen LogP) is 2.74. The van der Waals surface area contributed by atoms with Crippen LogP contribution >= 0.6 is 0 Å². The monoisotopic (exact) mass is 321 g/mol. The molecule has 3 rings (SSSR count). The zero-order valence-electron chi connectivity index (χ0n) is 13.4. The van der Waals surface area contributed by atoms with Crippen molar-refractivity contribution in [2.24, 2.45) is 0 Å². The number of anilines is 1. The molecule has 3 aromatic rings. The molecule has 5 nitrogen and oxygen atoms in total. The first-order valence-electron chi connectivity index (χ1n) is 7.77. The number of hydrogen-bond acceptors (Lipinski definition) is 4. The lowest BCUT2D eigenvalue weighted by molar-refractivity contribution is 0.0963. The summed E-state index contributed by atoms with van der Waals surface area (Å²) >= 11 is 0. The molecule has 5 heteroatoms. The molecule has 2 aromatic carbocycles. The van der Waals surface area contributed by atoms with Crippen molar-refractivity contribution < 1.29 is 9.90 Å². The number of aromatic nitrogens is 1. The van der Waals surface area contributed by atoms with E-state index < -0.39 is 6.10 Å². The van der Waals surface area contributed by atoms with Crippen LogP contribution < -0.4 is 10.6 Å². The highest BCUT2D eigenvalue weighted by atomic mass is 16.3. The number of nitrogens with one attached hydrogen (secondary N) is 2. The molecule has 0 radical (unpaired) electrons. The highest BCUT2D eigenvalue weighted by Crippen LogP contribution is 2.21. The summed E-state index contributed by atoms with van der Waals surface area (Å²) < 4.78 is 0. The molecule has 122 valence electrons. The van der Waals surface area contributed by atoms with Crippen molar-refractivity contribution in [3.63, 3.8) is 0 Å². The van der Waals surface area contributed by atoms with Crippen LogP contribution in [0, 0.1) is 0 Å². The van der Waals surface area contributed by atoms with Crippen LogP contribution in [0.1, 0.15) is 22.0 Å². The van der Waals surface area contributed by atoms with Gasteiger partial charge in [-0.2, -0.15) is 0 Å². The van der Waals surface area contributed by atoms with Crippen LogP contribution in [0.4, 0.5) is 5.82 Å². The largest absolute Gasteiger partial charge is 0.387 e. The molecule has 1 amide bonds. The standard InChI is InChI=1S/C19H19N3O2/c1-20-19(24)16-7-4-10-21-18(16)22-12-17(23)15-9-8-13-5-2-3-6-14(13)11-15/h2-11,17,23H,12H2,1H3,(H,20,24)(H,21,22). The van der Waals surface area contributed by atoms with Gasteiger partial charge >= 0.3 is 0 Å². The van der Waals surface area contributed by atoms with E-state index in [-0.39, 0.29) is 12.5 Å². The Labute approximate surface area is 140 Å². The maximum Gasteiger partial charge on any atom is 0.254 e. The fraction of sp³-hybridized carbons (Fsp3) is 0.158. The summed E-state index contributed by atoms with van der Waals surface area (Å²) in [6, 6.07) is 17.3. The van der Waals surface area contributed by atoms with E-state index in [1.165, 1.54) is 0 Å². The minimum atomic E-state index is -0.700.